The molecule has 2 rings (SSSR count). The lowest BCUT2D eigenvalue weighted by molar-refractivity contribution is 0.0690. The first kappa shape index (κ1) is 13.7. The molecule has 0 aliphatic carbocycles. The number of aromatic carboxylic acids is 1. The van der Waals surface area contributed by atoms with E-state index in [9.17, 15) is 9.59 Å². The third-order valence-corrected chi connectivity index (χ3v) is 2.76. The molecule has 7 nitrogen and oxygen atoms in total. The highest BCUT2D eigenvalue weighted by Gasteiger charge is 2.05. The summed E-state index contributed by atoms with van der Waals surface area (Å²) in [4.78, 5) is 30.4. The summed E-state index contributed by atoms with van der Waals surface area (Å²) >= 11 is 0. The van der Waals surface area contributed by atoms with Crippen LogP contribution in [0.2, 0.25) is 0 Å². The van der Waals surface area contributed by atoms with Crippen molar-refractivity contribution in [3.05, 3.63) is 52.3 Å². The van der Waals surface area contributed by atoms with Crippen molar-refractivity contribution in [1.82, 2.24) is 14.5 Å². The minimum absolute atomic E-state index is 0.0140. The van der Waals surface area contributed by atoms with Crippen molar-refractivity contribution in [3.63, 3.8) is 0 Å². The Kier molecular flexibility index (Phi) is 4.09. The van der Waals surface area contributed by atoms with Crippen LogP contribution in [0.4, 0.5) is 5.82 Å². The predicted molar refractivity (Wildman–Crippen MR) is 72.7 cm³/mol. The molecule has 7 heteroatoms. The number of anilines is 1. The molecule has 0 saturated carbocycles. The molecule has 0 atom stereocenters. The van der Waals surface area contributed by atoms with Gasteiger partial charge in [-0.1, -0.05) is 6.07 Å². The van der Waals surface area contributed by atoms with Crippen LogP contribution in [0.3, 0.4) is 0 Å². The maximum absolute atomic E-state index is 11.9. The van der Waals surface area contributed by atoms with Crippen molar-refractivity contribution in [3.8, 4) is 0 Å². The number of pyridine rings is 1. The van der Waals surface area contributed by atoms with Crippen LogP contribution >= 0.6 is 0 Å². The van der Waals surface area contributed by atoms with Gasteiger partial charge in [-0.2, -0.15) is 0 Å². The molecule has 0 radical (unpaired) electrons. The van der Waals surface area contributed by atoms with E-state index in [0.29, 0.717) is 13.1 Å². The number of nitrogens with one attached hydrogen (secondary N) is 1. The van der Waals surface area contributed by atoms with Crippen molar-refractivity contribution in [2.45, 2.75) is 20.0 Å². The van der Waals surface area contributed by atoms with Gasteiger partial charge in [0.05, 0.1) is 0 Å². The Bertz CT molecular complexity index is 664. The summed E-state index contributed by atoms with van der Waals surface area (Å²) in [5.74, 6) is -0.809. The van der Waals surface area contributed by atoms with E-state index in [2.05, 4.69) is 15.3 Å². The van der Waals surface area contributed by atoms with E-state index in [4.69, 9.17) is 5.11 Å². The van der Waals surface area contributed by atoms with Crippen LogP contribution in [0.1, 0.15) is 23.0 Å². The molecule has 20 heavy (non-hydrogen) atoms. The zero-order chi connectivity index (χ0) is 14.5. The molecule has 2 N–H and O–H groups in total. The molecular weight excluding hydrogens is 260 g/mol. The molecule has 2 heterocycles. The third kappa shape index (κ3) is 3.00. The van der Waals surface area contributed by atoms with Gasteiger partial charge in [0.25, 0.3) is 5.56 Å². The lowest BCUT2D eigenvalue weighted by atomic mass is 10.2. The number of hydrogen-bond acceptors (Lipinski definition) is 5. The molecule has 0 unspecified atom stereocenters. The number of hydrogen-bond donors (Lipinski definition) is 2. The number of nitrogens with zero attached hydrogens (tertiary/aromatic N) is 3. The van der Waals surface area contributed by atoms with Crippen LogP contribution < -0.4 is 10.9 Å². The molecule has 0 aliphatic heterocycles. The topological polar surface area (TPSA) is 97.1 Å². The van der Waals surface area contributed by atoms with Gasteiger partial charge in [0.1, 0.15) is 5.69 Å². The summed E-state index contributed by atoms with van der Waals surface area (Å²) in [6.45, 7) is 2.80. The third-order valence-electron chi connectivity index (χ3n) is 2.76. The van der Waals surface area contributed by atoms with Crippen LogP contribution in [0.15, 0.2) is 35.5 Å². The molecule has 2 aromatic rings. The molecule has 0 aromatic carbocycles. The van der Waals surface area contributed by atoms with Crippen LogP contribution in [-0.4, -0.2) is 25.6 Å². The highest BCUT2D eigenvalue weighted by molar-refractivity contribution is 5.85. The zero-order valence-electron chi connectivity index (χ0n) is 10.9. The van der Waals surface area contributed by atoms with Crippen LogP contribution in [0, 0.1) is 0 Å². The minimum Gasteiger partial charge on any atom is -0.477 e. The maximum Gasteiger partial charge on any atom is 0.354 e. The molecule has 2 aromatic heterocycles. The van der Waals surface area contributed by atoms with Crippen LogP contribution in [0.5, 0.6) is 0 Å². The second-order valence-electron chi connectivity index (χ2n) is 4.08. The first-order chi connectivity index (χ1) is 9.61. The summed E-state index contributed by atoms with van der Waals surface area (Å²) in [5.41, 5.74) is 0.563. The van der Waals surface area contributed by atoms with Crippen molar-refractivity contribution < 1.29 is 9.90 Å². The van der Waals surface area contributed by atoms with Gasteiger partial charge in [-0.25, -0.2) is 14.8 Å². The fourth-order valence-electron chi connectivity index (χ4n) is 1.66. The predicted octanol–water partition coefficient (Wildman–Crippen LogP) is 0.968. The Morgan fingerprint density at radius 1 is 1.40 bits per heavy atom. The summed E-state index contributed by atoms with van der Waals surface area (Å²) in [6, 6.07) is 3.06. The Morgan fingerprint density at radius 2 is 2.20 bits per heavy atom. The normalized spacial score (nSPS) is 10.2. The quantitative estimate of drug-likeness (QED) is 0.843. The van der Waals surface area contributed by atoms with Gasteiger partial charge < -0.3 is 15.0 Å². The van der Waals surface area contributed by atoms with Crippen molar-refractivity contribution in [1.29, 1.82) is 0 Å². The second-order valence-corrected chi connectivity index (χ2v) is 4.08. The Hall–Kier alpha value is -2.70. The molecule has 104 valence electrons. The van der Waals surface area contributed by atoms with E-state index in [1.165, 1.54) is 12.3 Å². The maximum atomic E-state index is 11.9. The molecule has 0 spiro atoms. The minimum atomic E-state index is -1.07. The Labute approximate surface area is 114 Å². The number of rotatable bonds is 5. The van der Waals surface area contributed by atoms with Gasteiger partial charge >= 0.3 is 5.97 Å². The van der Waals surface area contributed by atoms with Crippen molar-refractivity contribution >= 4 is 11.8 Å². The molecule has 0 amide bonds. The number of carboxylic acids is 1. The highest BCUT2D eigenvalue weighted by atomic mass is 16.4. The summed E-state index contributed by atoms with van der Waals surface area (Å²) in [6.07, 6.45) is 4.63. The van der Waals surface area contributed by atoms with Crippen molar-refractivity contribution in [2.75, 3.05) is 5.32 Å². The number of aromatic nitrogens is 3. The van der Waals surface area contributed by atoms with E-state index in [-0.39, 0.29) is 17.1 Å². The van der Waals surface area contributed by atoms with Gasteiger partial charge in [-0.3, -0.25) is 4.79 Å². The first-order valence-electron chi connectivity index (χ1n) is 6.09. The average Bonchev–Trinajstić information content (AvgIpc) is 2.46. The first-order valence-corrected chi connectivity index (χ1v) is 6.09. The fraction of sp³-hybridized carbons (Fsp3) is 0.231. The number of aryl methyl sites for hydroxylation is 1. The highest BCUT2D eigenvalue weighted by Crippen LogP contribution is 2.03. The molecule has 0 aliphatic rings. The zero-order valence-corrected chi connectivity index (χ0v) is 10.9. The molecule has 0 bridgehead atoms. The molecular formula is C13H14N4O3. The van der Waals surface area contributed by atoms with E-state index in [1.807, 2.05) is 6.92 Å². The fourth-order valence-corrected chi connectivity index (χ4v) is 1.66. The van der Waals surface area contributed by atoms with E-state index in [1.54, 1.807) is 23.0 Å². The van der Waals surface area contributed by atoms with Gasteiger partial charge in [0.2, 0.25) is 0 Å². The second kappa shape index (κ2) is 5.96. The Balaban J connectivity index is 2.09. The summed E-state index contributed by atoms with van der Waals surface area (Å²) in [5, 5.41) is 11.7. The molecule has 0 saturated heterocycles. The van der Waals surface area contributed by atoms with Gasteiger partial charge in [-0.05, 0) is 18.6 Å². The van der Waals surface area contributed by atoms with Gasteiger partial charge in [-0.15, -0.1) is 0 Å². The number of carbonyl (C=O) groups is 1. The lowest BCUT2D eigenvalue weighted by Crippen LogP contribution is -2.23. The SMILES string of the molecule is CCn1ccnc(NCc2ccc(C(=O)O)nc2)c1=O. The monoisotopic (exact) mass is 274 g/mol. The average molecular weight is 274 g/mol. The van der Waals surface area contributed by atoms with Gasteiger partial charge in [0, 0.05) is 31.7 Å². The Morgan fingerprint density at radius 3 is 2.80 bits per heavy atom. The van der Waals surface area contributed by atoms with E-state index < -0.39 is 5.97 Å². The van der Waals surface area contributed by atoms with Gasteiger partial charge in [0.15, 0.2) is 5.82 Å². The number of carboxylic acid groups (broad SMARTS) is 1. The van der Waals surface area contributed by atoms with E-state index in [0.717, 1.165) is 5.56 Å². The van der Waals surface area contributed by atoms with Crippen LogP contribution in [0.25, 0.3) is 0 Å². The van der Waals surface area contributed by atoms with Crippen molar-refractivity contribution in [2.24, 2.45) is 0 Å². The largest absolute Gasteiger partial charge is 0.477 e. The standard InChI is InChI=1S/C13H14N4O3/c1-2-17-6-5-14-11(12(17)18)16-8-9-3-4-10(13(19)20)15-7-9/h3-7H,2,8H2,1H3,(H,14,16)(H,19,20). The van der Waals surface area contributed by atoms with E-state index >= 15 is 0 Å². The smallest absolute Gasteiger partial charge is 0.354 e. The van der Waals surface area contributed by atoms with Crippen LogP contribution in [-0.2, 0) is 13.1 Å². The lowest BCUT2D eigenvalue weighted by Gasteiger charge is -2.07. The summed E-state index contributed by atoms with van der Waals surface area (Å²) in [7, 11) is 0. The summed E-state index contributed by atoms with van der Waals surface area (Å²) < 4.78 is 1.54. The molecule has 0 fully saturated rings.